The monoisotopic (exact) mass is 357 g/mol. The van der Waals surface area contributed by atoms with Gasteiger partial charge in [0.1, 0.15) is 12.4 Å². The van der Waals surface area contributed by atoms with Gasteiger partial charge in [-0.2, -0.15) is 0 Å². The average Bonchev–Trinajstić information content (AvgIpc) is 3.32. The summed E-state index contributed by atoms with van der Waals surface area (Å²) in [4.78, 5) is 0. The van der Waals surface area contributed by atoms with Gasteiger partial charge in [-0.3, -0.25) is 0 Å². The number of nitrogens with zero attached hydrogens (tertiary/aromatic N) is 3. The summed E-state index contributed by atoms with van der Waals surface area (Å²) in [6, 6.07) is 10.5. The van der Waals surface area contributed by atoms with E-state index in [0.29, 0.717) is 12.6 Å². The van der Waals surface area contributed by atoms with Crippen molar-refractivity contribution in [3.63, 3.8) is 0 Å². The van der Waals surface area contributed by atoms with Gasteiger partial charge in [-0.25, -0.2) is 0 Å². The van der Waals surface area contributed by atoms with Crippen LogP contribution in [0.25, 0.3) is 0 Å². The number of benzene rings is 1. The third-order valence-corrected chi connectivity index (χ3v) is 6.65. The van der Waals surface area contributed by atoms with Crippen molar-refractivity contribution >= 4 is 11.8 Å². The zero-order valence-corrected chi connectivity index (χ0v) is 15.6. The topological polar surface area (TPSA) is 39.9 Å². The van der Waals surface area contributed by atoms with Crippen LogP contribution in [0.15, 0.2) is 35.5 Å². The van der Waals surface area contributed by atoms with E-state index >= 15 is 0 Å². The van der Waals surface area contributed by atoms with E-state index < -0.39 is 0 Å². The highest BCUT2D eigenvalue weighted by Crippen LogP contribution is 2.38. The summed E-state index contributed by atoms with van der Waals surface area (Å²) in [7, 11) is 0. The van der Waals surface area contributed by atoms with Gasteiger partial charge in [0.15, 0.2) is 11.0 Å². The molecule has 0 N–H and O–H groups in total. The summed E-state index contributed by atoms with van der Waals surface area (Å²) >= 11 is 1.95. The fourth-order valence-corrected chi connectivity index (χ4v) is 5.34. The van der Waals surface area contributed by atoms with E-state index in [1.54, 1.807) is 0 Å². The number of ether oxygens (including phenoxy) is 1. The summed E-state index contributed by atoms with van der Waals surface area (Å²) in [5.74, 6) is 1.88. The molecule has 1 aromatic heterocycles. The molecular formula is C20H27N3OS. The molecule has 25 heavy (non-hydrogen) atoms. The number of para-hydroxylation sites is 1. The first-order valence-electron chi connectivity index (χ1n) is 9.68. The van der Waals surface area contributed by atoms with Gasteiger partial charge in [0.2, 0.25) is 0 Å². The lowest BCUT2D eigenvalue weighted by atomic mass is 9.95. The summed E-state index contributed by atoms with van der Waals surface area (Å²) in [6.07, 6.45) is 11.8. The maximum atomic E-state index is 5.97. The minimum atomic E-state index is 0.499. The minimum Gasteiger partial charge on any atom is -0.486 e. The van der Waals surface area contributed by atoms with E-state index in [0.717, 1.165) is 22.0 Å². The van der Waals surface area contributed by atoms with Crippen molar-refractivity contribution in [1.29, 1.82) is 0 Å². The average molecular weight is 358 g/mol. The fourth-order valence-electron chi connectivity index (χ4n) is 4.01. The zero-order valence-electron chi connectivity index (χ0n) is 14.8. The lowest BCUT2D eigenvalue weighted by Crippen LogP contribution is -2.18. The van der Waals surface area contributed by atoms with Crippen molar-refractivity contribution in [1.82, 2.24) is 14.8 Å². The fraction of sp³-hybridized carbons (Fsp3) is 0.600. The lowest BCUT2D eigenvalue weighted by Gasteiger charge is -2.26. The highest BCUT2D eigenvalue weighted by Gasteiger charge is 2.26. The largest absolute Gasteiger partial charge is 0.486 e. The van der Waals surface area contributed by atoms with Gasteiger partial charge in [-0.05, 0) is 37.8 Å². The molecule has 0 bridgehead atoms. The van der Waals surface area contributed by atoms with Gasteiger partial charge < -0.3 is 9.30 Å². The molecule has 1 heterocycles. The molecule has 2 aliphatic rings. The summed E-state index contributed by atoms with van der Waals surface area (Å²) in [5.41, 5.74) is 0. The second-order valence-electron chi connectivity index (χ2n) is 7.19. The summed E-state index contributed by atoms with van der Waals surface area (Å²) < 4.78 is 8.38. The van der Waals surface area contributed by atoms with Gasteiger partial charge in [0.25, 0.3) is 0 Å². The Morgan fingerprint density at radius 3 is 2.40 bits per heavy atom. The predicted octanol–water partition coefficient (Wildman–Crippen LogP) is 5.40. The van der Waals surface area contributed by atoms with Crippen LogP contribution >= 0.6 is 11.8 Å². The number of hydrogen-bond acceptors (Lipinski definition) is 4. The van der Waals surface area contributed by atoms with Gasteiger partial charge in [0.05, 0.1) is 0 Å². The van der Waals surface area contributed by atoms with Crippen molar-refractivity contribution in [3.05, 3.63) is 36.2 Å². The standard InChI is InChI=1S/C20H27N3OS/c1-3-9-16(10-4-1)23-19(15-24-17-11-5-2-6-12-17)21-22-20(23)25-18-13-7-8-14-18/h2,5-6,11-12,16,18H,1,3-4,7-10,13-15H2. The molecule has 1 aromatic carbocycles. The molecule has 5 heteroatoms. The van der Waals surface area contributed by atoms with Gasteiger partial charge in [-0.1, -0.05) is 62.1 Å². The first kappa shape index (κ1) is 17.0. The molecule has 0 spiro atoms. The van der Waals surface area contributed by atoms with Crippen LogP contribution in [-0.2, 0) is 6.61 Å². The van der Waals surface area contributed by atoms with E-state index in [4.69, 9.17) is 4.74 Å². The Bertz CT molecular complexity index is 661. The van der Waals surface area contributed by atoms with Gasteiger partial charge in [-0.15, -0.1) is 10.2 Å². The van der Waals surface area contributed by atoms with E-state index in [-0.39, 0.29) is 0 Å². The Balaban J connectivity index is 1.53. The van der Waals surface area contributed by atoms with Crippen LogP contribution in [0.4, 0.5) is 0 Å². The Hall–Kier alpha value is -1.49. The highest BCUT2D eigenvalue weighted by molar-refractivity contribution is 7.99. The molecule has 0 saturated heterocycles. The highest BCUT2D eigenvalue weighted by atomic mass is 32.2. The normalized spacial score (nSPS) is 19.4. The van der Waals surface area contributed by atoms with Crippen LogP contribution in [-0.4, -0.2) is 20.0 Å². The predicted molar refractivity (Wildman–Crippen MR) is 101 cm³/mol. The third-order valence-electron chi connectivity index (χ3n) is 5.36. The molecule has 2 saturated carbocycles. The molecule has 2 aliphatic carbocycles. The van der Waals surface area contributed by atoms with Crippen LogP contribution < -0.4 is 4.74 Å². The Kier molecular flexibility index (Phi) is 5.60. The van der Waals surface area contributed by atoms with E-state index in [2.05, 4.69) is 14.8 Å². The van der Waals surface area contributed by atoms with Crippen molar-refractivity contribution in [3.8, 4) is 5.75 Å². The van der Waals surface area contributed by atoms with E-state index in [1.165, 1.54) is 57.8 Å². The molecule has 0 aliphatic heterocycles. The molecule has 2 aromatic rings. The zero-order chi connectivity index (χ0) is 16.9. The smallest absolute Gasteiger partial charge is 0.191 e. The molecule has 0 amide bonds. The van der Waals surface area contributed by atoms with Crippen LogP contribution in [0.5, 0.6) is 5.75 Å². The second-order valence-corrected chi connectivity index (χ2v) is 8.45. The number of thioether (sulfide) groups is 1. The summed E-state index contributed by atoms with van der Waals surface area (Å²) in [6.45, 7) is 0.499. The van der Waals surface area contributed by atoms with Crippen molar-refractivity contribution in [2.24, 2.45) is 0 Å². The van der Waals surface area contributed by atoms with Crippen LogP contribution in [0.3, 0.4) is 0 Å². The number of rotatable bonds is 6. The van der Waals surface area contributed by atoms with Crippen molar-refractivity contribution < 1.29 is 4.74 Å². The first-order valence-corrected chi connectivity index (χ1v) is 10.6. The maximum absolute atomic E-state index is 5.97. The molecule has 2 fully saturated rings. The van der Waals surface area contributed by atoms with E-state index in [9.17, 15) is 0 Å². The number of aromatic nitrogens is 3. The van der Waals surface area contributed by atoms with Crippen LogP contribution in [0, 0.1) is 0 Å². The molecule has 0 unspecified atom stereocenters. The molecule has 4 nitrogen and oxygen atoms in total. The lowest BCUT2D eigenvalue weighted by molar-refractivity contribution is 0.265. The second kappa shape index (κ2) is 8.26. The first-order chi connectivity index (χ1) is 12.4. The molecule has 0 atom stereocenters. The summed E-state index contributed by atoms with van der Waals surface area (Å²) in [5, 5.41) is 10.9. The molecule has 134 valence electrons. The maximum Gasteiger partial charge on any atom is 0.191 e. The van der Waals surface area contributed by atoms with E-state index in [1.807, 2.05) is 42.1 Å². The minimum absolute atomic E-state index is 0.499. The quantitative estimate of drug-likeness (QED) is 0.694. The van der Waals surface area contributed by atoms with Crippen LogP contribution in [0.1, 0.15) is 69.7 Å². The Morgan fingerprint density at radius 2 is 1.64 bits per heavy atom. The molecular weight excluding hydrogens is 330 g/mol. The third kappa shape index (κ3) is 4.20. The van der Waals surface area contributed by atoms with Gasteiger partial charge >= 0.3 is 0 Å². The molecule has 4 rings (SSSR count). The number of hydrogen-bond donors (Lipinski definition) is 0. The van der Waals surface area contributed by atoms with Crippen LogP contribution in [0.2, 0.25) is 0 Å². The van der Waals surface area contributed by atoms with Crippen molar-refractivity contribution in [2.45, 2.75) is 80.8 Å². The van der Waals surface area contributed by atoms with Gasteiger partial charge in [0, 0.05) is 11.3 Å². The molecule has 0 radical (unpaired) electrons. The van der Waals surface area contributed by atoms with Crippen molar-refractivity contribution in [2.75, 3.05) is 0 Å². The Morgan fingerprint density at radius 1 is 0.920 bits per heavy atom. The SMILES string of the molecule is c1ccc(OCc2nnc(SC3CCCC3)n2C2CCCCC2)cc1. The Labute approximate surface area is 154 Å².